The van der Waals surface area contributed by atoms with Crippen molar-refractivity contribution in [3.63, 3.8) is 0 Å². The highest BCUT2D eigenvalue weighted by Gasteiger charge is 2.34. The molecule has 3 aliphatic rings. The Morgan fingerprint density at radius 1 is 0.438 bits per heavy atom. The van der Waals surface area contributed by atoms with Crippen LogP contribution in [0.3, 0.4) is 0 Å². The standard InChI is InChI=1S/C32H28/c1-3-11-23-21(9-1)19-31-25(23)15-7-17-29(31)27-13-5-6-14-28(27)30-18-8-16-26-24-12-4-2-10-22(24)20-32(26)30/h1-4,7-12,15-18,27-28H,5-6,13-14,19-20H2. The van der Waals surface area contributed by atoms with Crippen LogP contribution in [-0.4, -0.2) is 0 Å². The molecule has 32 heavy (non-hydrogen) atoms. The highest BCUT2D eigenvalue weighted by Crippen LogP contribution is 2.51. The molecule has 0 bridgehead atoms. The van der Waals surface area contributed by atoms with E-state index in [1.54, 1.807) is 22.3 Å². The van der Waals surface area contributed by atoms with E-state index in [0.29, 0.717) is 11.8 Å². The third-order valence-electron chi connectivity index (χ3n) is 8.34. The molecule has 0 radical (unpaired) electrons. The maximum atomic E-state index is 2.45. The summed E-state index contributed by atoms with van der Waals surface area (Å²) in [6.45, 7) is 0. The van der Waals surface area contributed by atoms with Gasteiger partial charge in [0, 0.05) is 0 Å². The predicted octanol–water partition coefficient (Wildman–Crippen LogP) is 8.27. The Morgan fingerprint density at radius 2 is 0.875 bits per heavy atom. The van der Waals surface area contributed by atoms with E-state index in [-0.39, 0.29) is 0 Å². The van der Waals surface area contributed by atoms with Crippen LogP contribution in [0.2, 0.25) is 0 Å². The van der Waals surface area contributed by atoms with Gasteiger partial charge in [0.1, 0.15) is 0 Å². The lowest BCUT2D eigenvalue weighted by molar-refractivity contribution is 0.384. The van der Waals surface area contributed by atoms with Gasteiger partial charge in [0.05, 0.1) is 0 Å². The number of rotatable bonds is 2. The van der Waals surface area contributed by atoms with E-state index in [2.05, 4.69) is 84.9 Å². The minimum absolute atomic E-state index is 0.628. The molecule has 0 heteroatoms. The van der Waals surface area contributed by atoms with E-state index in [4.69, 9.17) is 0 Å². The molecule has 0 N–H and O–H groups in total. The molecule has 0 heterocycles. The summed E-state index contributed by atoms with van der Waals surface area (Å²) in [5.41, 5.74) is 15.3. The highest BCUT2D eigenvalue weighted by atomic mass is 14.4. The maximum absolute atomic E-state index is 2.45. The summed E-state index contributed by atoms with van der Waals surface area (Å²) < 4.78 is 0. The van der Waals surface area contributed by atoms with Crippen molar-refractivity contribution in [2.24, 2.45) is 0 Å². The minimum Gasteiger partial charge on any atom is -0.0619 e. The summed E-state index contributed by atoms with van der Waals surface area (Å²) in [7, 11) is 0. The van der Waals surface area contributed by atoms with Crippen LogP contribution in [0.4, 0.5) is 0 Å². The van der Waals surface area contributed by atoms with Crippen molar-refractivity contribution in [1.29, 1.82) is 0 Å². The lowest BCUT2D eigenvalue weighted by Gasteiger charge is -2.35. The molecule has 4 aromatic rings. The van der Waals surface area contributed by atoms with Gasteiger partial charge in [0.25, 0.3) is 0 Å². The number of benzene rings is 4. The van der Waals surface area contributed by atoms with Gasteiger partial charge in [-0.05, 0) is 93.2 Å². The predicted molar refractivity (Wildman–Crippen MR) is 133 cm³/mol. The third-order valence-corrected chi connectivity index (χ3v) is 8.34. The van der Waals surface area contributed by atoms with Crippen molar-refractivity contribution in [2.75, 3.05) is 0 Å². The molecule has 156 valence electrons. The average Bonchev–Trinajstić information content (AvgIpc) is 3.42. The molecule has 0 saturated heterocycles. The molecule has 0 amide bonds. The molecule has 1 saturated carbocycles. The first kappa shape index (κ1) is 18.5. The molecule has 3 aliphatic carbocycles. The van der Waals surface area contributed by atoms with Gasteiger partial charge < -0.3 is 0 Å². The van der Waals surface area contributed by atoms with Crippen LogP contribution in [0, 0.1) is 0 Å². The van der Waals surface area contributed by atoms with E-state index < -0.39 is 0 Å². The SMILES string of the molecule is c1ccc2c(c1)Cc1c-2cccc1C1CCCCC1c1cccc2c1Cc1ccccc1-2. The third kappa shape index (κ3) is 2.69. The van der Waals surface area contributed by atoms with Crippen molar-refractivity contribution in [3.8, 4) is 22.3 Å². The average molecular weight is 413 g/mol. The monoisotopic (exact) mass is 412 g/mol. The van der Waals surface area contributed by atoms with E-state index in [9.17, 15) is 0 Å². The van der Waals surface area contributed by atoms with E-state index in [0.717, 1.165) is 12.8 Å². The fraction of sp³-hybridized carbons (Fsp3) is 0.250. The van der Waals surface area contributed by atoms with Crippen molar-refractivity contribution >= 4 is 0 Å². The van der Waals surface area contributed by atoms with Crippen LogP contribution in [0.15, 0.2) is 84.9 Å². The summed E-state index contributed by atoms with van der Waals surface area (Å²) in [6.07, 6.45) is 7.54. The molecule has 0 aliphatic heterocycles. The lowest BCUT2D eigenvalue weighted by Crippen LogP contribution is -2.19. The fourth-order valence-electron chi connectivity index (χ4n) is 6.93. The smallest absolute Gasteiger partial charge is 0.00106 e. The van der Waals surface area contributed by atoms with Crippen molar-refractivity contribution in [1.82, 2.24) is 0 Å². The number of hydrogen-bond acceptors (Lipinski definition) is 0. The Kier molecular flexibility index (Phi) is 4.15. The van der Waals surface area contributed by atoms with Crippen molar-refractivity contribution < 1.29 is 0 Å². The highest BCUT2D eigenvalue weighted by molar-refractivity contribution is 5.79. The molecule has 7 rings (SSSR count). The van der Waals surface area contributed by atoms with Gasteiger partial charge >= 0.3 is 0 Å². The second-order valence-corrected chi connectivity index (χ2v) is 9.91. The Balaban J connectivity index is 1.34. The van der Waals surface area contributed by atoms with Gasteiger partial charge in [-0.1, -0.05) is 97.8 Å². The first-order chi connectivity index (χ1) is 15.9. The quantitative estimate of drug-likeness (QED) is 0.268. The van der Waals surface area contributed by atoms with E-state index >= 15 is 0 Å². The van der Waals surface area contributed by atoms with Gasteiger partial charge in [-0.3, -0.25) is 0 Å². The summed E-state index contributed by atoms with van der Waals surface area (Å²) in [5.74, 6) is 1.26. The van der Waals surface area contributed by atoms with Gasteiger partial charge in [-0.25, -0.2) is 0 Å². The van der Waals surface area contributed by atoms with Crippen molar-refractivity contribution in [3.05, 3.63) is 118 Å². The Labute approximate surface area is 191 Å². The Hall–Kier alpha value is -3.12. The van der Waals surface area contributed by atoms with Gasteiger partial charge in [-0.2, -0.15) is 0 Å². The van der Waals surface area contributed by atoms with Crippen molar-refractivity contribution in [2.45, 2.75) is 50.4 Å². The number of hydrogen-bond donors (Lipinski definition) is 0. The van der Waals surface area contributed by atoms with Gasteiger partial charge in [0.2, 0.25) is 0 Å². The molecule has 0 nitrogen and oxygen atoms in total. The fourth-order valence-corrected chi connectivity index (χ4v) is 6.93. The van der Waals surface area contributed by atoms with Gasteiger partial charge in [0.15, 0.2) is 0 Å². The Morgan fingerprint density at radius 3 is 1.38 bits per heavy atom. The molecule has 2 unspecified atom stereocenters. The lowest BCUT2D eigenvalue weighted by atomic mass is 9.69. The molecule has 4 aromatic carbocycles. The molecule has 0 spiro atoms. The summed E-state index contributed by atoms with van der Waals surface area (Å²) in [4.78, 5) is 0. The summed E-state index contributed by atoms with van der Waals surface area (Å²) in [5, 5.41) is 0. The van der Waals surface area contributed by atoms with Crippen LogP contribution in [-0.2, 0) is 12.8 Å². The van der Waals surface area contributed by atoms with Crippen LogP contribution >= 0.6 is 0 Å². The Bertz CT molecular complexity index is 1240. The molecule has 1 fully saturated rings. The molecular formula is C32H28. The largest absolute Gasteiger partial charge is 0.0619 e. The number of fused-ring (bicyclic) bond motifs is 6. The summed E-state index contributed by atoms with van der Waals surface area (Å²) in [6, 6.07) is 32.2. The van der Waals surface area contributed by atoms with Crippen LogP contribution in [0.5, 0.6) is 0 Å². The second-order valence-electron chi connectivity index (χ2n) is 9.91. The van der Waals surface area contributed by atoms with Crippen LogP contribution in [0.1, 0.15) is 70.9 Å². The van der Waals surface area contributed by atoms with Gasteiger partial charge in [-0.15, -0.1) is 0 Å². The topological polar surface area (TPSA) is 0 Å². The molecule has 2 atom stereocenters. The molecule has 0 aromatic heterocycles. The second kappa shape index (κ2) is 7.20. The summed E-state index contributed by atoms with van der Waals surface area (Å²) >= 11 is 0. The first-order valence-corrected chi connectivity index (χ1v) is 12.3. The normalized spacial score (nSPS) is 20.4. The molecular weight excluding hydrogens is 384 g/mol. The first-order valence-electron chi connectivity index (χ1n) is 12.3. The van der Waals surface area contributed by atoms with Crippen LogP contribution < -0.4 is 0 Å². The van der Waals surface area contributed by atoms with E-state index in [1.807, 2.05) is 0 Å². The zero-order valence-electron chi connectivity index (χ0n) is 18.5. The van der Waals surface area contributed by atoms with Crippen LogP contribution in [0.25, 0.3) is 22.3 Å². The zero-order valence-corrected chi connectivity index (χ0v) is 18.5. The maximum Gasteiger partial charge on any atom is -0.00106 e. The minimum atomic E-state index is 0.628. The van der Waals surface area contributed by atoms with E-state index in [1.165, 1.54) is 59.1 Å². The zero-order chi connectivity index (χ0) is 21.1.